The van der Waals surface area contributed by atoms with Crippen LogP contribution in [0.2, 0.25) is 0 Å². The first kappa shape index (κ1) is 12.5. The molecule has 2 N–H and O–H groups in total. The molecule has 1 amide bonds. The van der Waals surface area contributed by atoms with Crippen molar-refractivity contribution in [1.29, 1.82) is 0 Å². The molecule has 15 heavy (non-hydrogen) atoms. The predicted octanol–water partition coefficient (Wildman–Crippen LogP) is 0.276. The van der Waals surface area contributed by atoms with Crippen molar-refractivity contribution in [1.82, 2.24) is 9.80 Å². The van der Waals surface area contributed by atoms with Crippen molar-refractivity contribution < 1.29 is 4.79 Å². The summed E-state index contributed by atoms with van der Waals surface area (Å²) in [5.41, 5.74) is 5.72. The van der Waals surface area contributed by atoms with Gasteiger partial charge in [-0.05, 0) is 40.3 Å². The van der Waals surface area contributed by atoms with Gasteiger partial charge in [0, 0.05) is 18.6 Å². The van der Waals surface area contributed by atoms with Crippen LogP contribution in [0, 0.1) is 0 Å². The lowest BCUT2D eigenvalue weighted by molar-refractivity contribution is -0.138. The molecule has 1 fully saturated rings. The van der Waals surface area contributed by atoms with Gasteiger partial charge in [0.05, 0.1) is 6.54 Å². The van der Waals surface area contributed by atoms with Gasteiger partial charge in [-0.3, -0.25) is 4.79 Å². The summed E-state index contributed by atoms with van der Waals surface area (Å²) < 4.78 is 0. The molecule has 4 nitrogen and oxygen atoms in total. The van der Waals surface area contributed by atoms with Crippen LogP contribution in [-0.4, -0.2) is 55.0 Å². The Hall–Kier alpha value is -0.610. The summed E-state index contributed by atoms with van der Waals surface area (Å²) in [6.07, 6.45) is 3.35. The molecule has 1 rings (SSSR count). The van der Waals surface area contributed by atoms with E-state index < -0.39 is 0 Å². The molecule has 0 radical (unpaired) electrons. The highest BCUT2D eigenvalue weighted by atomic mass is 16.2. The molecule has 1 heterocycles. The van der Waals surface area contributed by atoms with Gasteiger partial charge in [0.2, 0.25) is 5.91 Å². The maximum atomic E-state index is 12.0. The molecule has 0 bridgehead atoms. The van der Waals surface area contributed by atoms with Crippen LogP contribution in [0.25, 0.3) is 0 Å². The van der Waals surface area contributed by atoms with E-state index in [1.54, 1.807) is 0 Å². The number of hydrogen-bond acceptors (Lipinski definition) is 3. The third-order valence-corrected chi connectivity index (χ3v) is 3.04. The Kier molecular flexibility index (Phi) is 4.54. The van der Waals surface area contributed by atoms with Crippen LogP contribution < -0.4 is 5.73 Å². The first-order valence-corrected chi connectivity index (χ1v) is 5.72. The number of carbonyl (C=O) groups excluding carboxylic acids is 1. The highest BCUT2D eigenvalue weighted by Crippen LogP contribution is 2.22. The molecule has 2 unspecified atom stereocenters. The molecule has 4 heteroatoms. The Bertz CT molecular complexity index is 218. The SMILES string of the molecule is CC1CCCC(CN)N1C(=O)CN(C)C. The van der Waals surface area contributed by atoms with Crippen molar-refractivity contribution in [3.8, 4) is 0 Å². The zero-order valence-corrected chi connectivity index (χ0v) is 10.1. The third kappa shape index (κ3) is 3.18. The van der Waals surface area contributed by atoms with E-state index in [0.29, 0.717) is 19.1 Å². The van der Waals surface area contributed by atoms with Gasteiger partial charge in [0.1, 0.15) is 0 Å². The van der Waals surface area contributed by atoms with E-state index >= 15 is 0 Å². The molecule has 0 aromatic rings. The Labute approximate surface area is 92.4 Å². The summed E-state index contributed by atoms with van der Waals surface area (Å²) in [5, 5.41) is 0. The molecule has 0 saturated carbocycles. The van der Waals surface area contributed by atoms with Gasteiger partial charge in [0.25, 0.3) is 0 Å². The van der Waals surface area contributed by atoms with Crippen molar-refractivity contribution in [2.24, 2.45) is 5.73 Å². The van der Waals surface area contributed by atoms with Crippen LogP contribution in [0.5, 0.6) is 0 Å². The maximum absolute atomic E-state index is 12.0. The smallest absolute Gasteiger partial charge is 0.237 e. The minimum Gasteiger partial charge on any atom is -0.335 e. The number of nitrogens with two attached hydrogens (primary N) is 1. The van der Waals surface area contributed by atoms with Crippen molar-refractivity contribution in [3.63, 3.8) is 0 Å². The van der Waals surface area contributed by atoms with Crippen LogP contribution in [0.4, 0.5) is 0 Å². The quantitative estimate of drug-likeness (QED) is 0.732. The molecule has 1 saturated heterocycles. The van der Waals surface area contributed by atoms with Crippen molar-refractivity contribution in [2.75, 3.05) is 27.2 Å². The lowest BCUT2D eigenvalue weighted by Gasteiger charge is -2.40. The standard InChI is InChI=1S/C11H23N3O/c1-9-5-4-6-10(7-12)14(9)11(15)8-13(2)3/h9-10H,4-8,12H2,1-3H3. The topological polar surface area (TPSA) is 49.6 Å². The second-order valence-electron chi connectivity index (χ2n) is 4.71. The summed E-state index contributed by atoms with van der Waals surface area (Å²) in [6, 6.07) is 0.598. The fourth-order valence-corrected chi connectivity index (χ4v) is 2.32. The summed E-state index contributed by atoms with van der Waals surface area (Å²) in [4.78, 5) is 15.9. The van der Waals surface area contributed by atoms with Gasteiger partial charge in [-0.25, -0.2) is 0 Å². The highest BCUT2D eigenvalue weighted by Gasteiger charge is 2.30. The number of nitrogens with zero attached hydrogens (tertiary/aromatic N) is 2. The minimum absolute atomic E-state index is 0.211. The van der Waals surface area contributed by atoms with E-state index in [0.717, 1.165) is 12.8 Å². The number of amides is 1. The fourth-order valence-electron chi connectivity index (χ4n) is 2.32. The van der Waals surface area contributed by atoms with Crippen LogP contribution in [-0.2, 0) is 4.79 Å². The molecule has 0 aromatic carbocycles. The molecule has 1 aliphatic heterocycles. The molecule has 0 aliphatic carbocycles. The normalized spacial score (nSPS) is 27.1. The van der Waals surface area contributed by atoms with E-state index in [4.69, 9.17) is 5.73 Å². The number of carbonyl (C=O) groups is 1. The monoisotopic (exact) mass is 213 g/mol. The molecule has 0 aromatic heterocycles. The first-order chi connectivity index (χ1) is 7.06. The van der Waals surface area contributed by atoms with Gasteiger partial charge in [0.15, 0.2) is 0 Å². The molecule has 1 aliphatic rings. The summed E-state index contributed by atoms with van der Waals surface area (Å²) in [5.74, 6) is 0.211. The Morgan fingerprint density at radius 3 is 2.67 bits per heavy atom. The van der Waals surface area contributed by atoms with E-state index in [1.165, 1.54) is 6.42 Å². The number of likely N-dealkylation sites (N-methyl/N-ethyl adjacent to an activating group) is 1. The van der Waals surface area contributed by atoms with Crippen LogP contribution in [0.1, 0.15) is 26.2 Å². The van der Waals surface area contributed by atoms with Crippen LogP contribution >= 0.6 is 0 Å². The number of hydrogen-bond donors (Lipinski definition) is 1. The van der Waals surface area contributed by atoms with Gasteiger partial charge in [-0.1, -0.05) is 0 Å². The summed E-state index contributed by atoms with van der Waals surface area (Å²) >= 11 is 0. The number of piperidine rings is 1. The zero-order chi connectivity index (χ0) is 11.4. The Morgan fingerprint density at radius 2 is 2.13 bits per heavy atom. The third-order valence-electron chi connectivity index (χ3n) is 3.04. The Balaban J connectivity index is 2.64. The van der Waals surface area contributed by atoms with Crippen LogP contribution in [0.15, 0.2) is 0 Å². The molecule has 0 spiro atoms. The average molecular weight is 213 g/mol. The largest absolute Gasteiger partial charge is 0.335 e. The van der Waals surface area contributed by atoms with E-state index in [1.807, 2.05) is 23.9 Å². The van der Waals surface area contributed by atoms with Crippen molar-refractivity contribution >= 4 is 5.91 Å². The summed E-state index contributed by atoms with van der Waals surface area (Å²) in [7, 11) is 3.84. The molecule has 88 valence electrons. The molecule has 2 atom stereocenters. The maximum Gasteiger partial charge on any atom is 0.237 e. The van der Waals surface area contributed by atoms with Gasteiger partial charge in [-0.2, -0.15) is 0 Å². The van der Waals surface area contributed by atoms with E-state index in [-0.39, 0.29) is 11.9 Å². The lowest BCUT2D eigenvalue weighted by atomic mass is 9.96. The highest BCUT2D eigenvalue weighted by molar-refractivity contribution is 5.79. The molecular formula is C11H23N3O. The summed E-state index contributed by atoms with van der Waals surface area (Å²) in [6.45, 7) is 3.19. The van der Waals surface area contributed by atoms with Crippen molar-refractivity contribution in [2.45, 2.75) is 38.3 Å². The lowest BCUT2D eigenvalue weighted by Crippen LogP contribution is -2.53. The van der Waals surface area contributed by atoms with Crippen LogP contribution in [0.3, 0.4) is 0 Å². The van der Waals surface area contributed by atoms with Gasteiger partial charge >= 0.3 is 0 Å². The van der Waals surface area contributed by atoms with Crippen molar-refractivity contribution in [3.05, 3.63) is 0 Å². The van der Waals surface area contributed by atoms with E-state index in [9.17, 15) is 4.79 Å². The zero-order valence-electron chi connectivity index (χ0n) is 10.1. The number of likely N-dealkylation sites (tertiary alicyclic amines) is 1. The van der Waals surface area contributed by atoms with Gasteiger partial charge in [-0.15, -0.1) is 0 Å². The van der Waals surface area contributed by atoms with Gasteiger partial charge < -0.3 is 15.5 Å². The fraction of sp³-hybridized carbons (Fsp3) is 0.909. The molecular weight excluding hydrogens is 190 g/mol. The number of rotatable bonds is 3. The average Bonchev–Trinajstić information content (AvgIpc) is 2.15. The Morgan fingerprint density at radius 1 is 1.47 bits per heavy atom. The first-order valence-electron chi connectivity index (χ1n) is 5.72. The predicted molar refractivity (Wildman–Crippen MR) is 61.6 cm³/mol. The van der Waals surface area contributed by atoms with E-state index in [2.05, 4.69) is 6.92 Å². The second kappa shape index (κ2) is 5.47. The second-order valence-corrected chi connectivity index (χ2v) is 4.71. The minimum atomic E-state index is 0.211.